The van der Waals surface area contributed by atoms with Gasteiger partial charge >= 0.3 is 11.9 Å². The summed E-state index contributed by atoms with van der Waals surface area (Å²) in [4.78, 5) is 35.1. The summed E-state index contributed by atoms with van der Waals surface area (Å²) in [6.07, 6.45) is 0.714. The Kier molecular flexibility index (Phi) is 5.46. The van der Waals surface area contributed by atoms with Crippen LogP contribution in [0.2, 0.25) is 0 Å². The number of carbonyl (C=O) groups is 3. The summed E-state index contributed by atoms with van der Waals surface area (Å²) >= 11 is 0. The van der Waals surface area contributed by atoms with E-state index in [1.54, 1.807) is 0 Å². The molecule has 0 aliphatic heterocycles. The topological polar surface area (TPSA) is 69.7 Å². The number of benzene rings is 2. The molecule has 1 atom stereocenters. The molecule has 0 saturated heterocycles. The minimum atomic E-state index is -1.17. The Bertz CT molecular complexity index is 706. The molecule has 0 aromatic heterocycles. The van der Waals surface area contributed by atoms with Crippen LogP contribution in [0.3, 0.4) is 0 Å². The Labute approximate surface area is 134 Å². The van der Waals surface area contributed by atoms with Crippen molar-refractivity contribution in [3.8, 4) is 0 Å². The molecule has 0 saturated carbocycles. The highest BCUT2D eigenvalue weighted by atomic mass is 16.5. The molecule has 0 heterocycles. The molecule has 0 aliphatic carbocycles. The highest BCUT2D eigenvalue weighted by Gasteiger charge is 2.37. The van der Waals surface area contributed by atoms with E-state index >= 15 is 0 Å². The monoisotopic (exact) mass is 314 g/mol. The van der Waals surface area contributed by atoms with Crippen LogP contribution in [-0.2, 0) is 23.9 Å². The minimum absolute atomic E-state index is 0.0210. The van der Waals surface area contributed by atoms with Gasteiger partial charge in [0.1, 0.15) is 6.29 Å². The van der Waals surface area contributed by atoms with Crippen LogP contribution in [0.25, 0.3) is 10.8 Å². The normalized spacial score (nSPS) is 12.0. The summed E-state index contributed by atoms with van der Waals surface area (Å²) in [6, 6.07) is 13.3. The van der Waals surface area contributed by atoms with Gasteiger partial charge in [-0.15, -0.1) is 0 Å². The molecule has 2 rings (SSSR count). The molecule has 2 aromatic rings. The number of hydrogen-bond acceptors (Lipinski definition) is 5. The Balaban J connectivity index is 2.50. The van der Waals surface area contributed by atoms with Crippen molar-refractivity contribution >= 4 is 29.0 Å². The molecule has 120 valence electrons. The van der Waals surface area contributed by atoms with Crippen molar-refractivity contribution in [1.82, 2.24) is 0 Å². The van der Waals surface area contributed by atoms with Crippen molar-refractivity contribution in [1.29, 1.82) is 0 Å². The third kappa shape index (κ3) is 3.56. The minimum Gasteiger partial charge on any atom is -0.468 e. The molecule has 0 aliphatic rings. The lowest BCUT2D eigenvalue weighted by Gasteiger charge is -2.22. The van der Waals surface area contributed by atoms with Crippen molar-refractivity contribution in [2.24, 2.45) is 5.92 Å². The van der Waals surface area contributed by atoms with Crippen molar-refractivity contribution in [2.75, 3.05) is 14.2 Å². The van der Waals surface area contributed by atoms with E-state index in [0.717, 1.165) is 16.3 Å². The van der Waals surface area contributed by atoms with E-state index in [-0.39, 0.29) is 6.42 Å². The third-order valence-corrected chi connectivity index (χ3v) is 3.86. The van der Waals surface area contributed by atoms with Gasteiger partial charge in [-0.05, 0) is 16.3 Å². The first-order valence-electron chi connectivity index (χ1n) is 7.20. The number of hydrogen-bond donors (Lipinski definition) is 0. The number of aldehydes is 1. The first-order valence-corrected chi connectivity index (χ1v) is 7.20. The van der Waals surface area contributed by atoms with Crippen LogP contribution in [-0.4, -0.2) is 32.4 Å². The van der Waals surface area contributed by atoms with Gasteiger partial charge in [-0.25, -0.2) is 0 Å². The lowest BCUT2D eigenvalue weighted by Crippen LogP contribution is -2.32. The molecule has 0 bridgehead atoms. The predicted molar refractivity (Wildman–Crippen MR) is 84.9 cm³/mol. The van der Waals surface area contributed by atoms with Crippen LogP contribution in [0.4, 0.5) is 0 Å². The van der Waals surface area contributed by atoms with Crippen molar-refractivity contribution < 1.29 is 23.9 Å². The fourth-order valence-electron chi connectivity index (χ4n) is 2.69. The predicted octanol–water partition coefficient (Wildman–Crippen LogP) is 2.47. The number of fused-ring (bicyclic) bond motifs is 1. The summed E-state index contributed by atoms with van der Waals surface area (Å²) in [5.74, 6) is -3.22. The second-order valence-corrected chi connectivity index (χ2v) is 5.14. The quantitative estimate of drug-likeness (QED) is 0.465. The lowest BCUT2D eigenvalue weighted by atomic mass is 9.83. The summed E-state index contributed by atoms with van der Waals surface area (Å²) in [7, 11) is 2.41. The van der Waals surface area contributed by atoms with Crippen LogP contribution < -0.4 is 0 Å². The molecule has 0 spiro atoms. The smallest absolute Gasteiger partial charge is 0.320 e. The molecule has 0 amide bonds. The van der Waals surface area contributed by atoms with E-state index < -0.39 is 23.8 Å². The maximum absolute atomic E-state index is 12.0. The molecule has 5 nitrogen and oxygen atoms in total. The van der Waals surface area contributed by atoms with E-state index in [1.807, 2.05) is 42.5 Å². The van der Waals surface area contributed by atoms with Gasteiger partial charge in [0.25, 0.3) is 0 Å². The number of esters is 2. The van der Waals surface area contributed by atoms with Crippen LogP contribution in [0, 0.1) is 5.92 Å². The second-order valence-electron chi connectivity index (χ2n) is 5.14. The summed E-state index contributed by atoms with van der Waals surface area (Å²) in [5, 5.41) is 2.00. The molecular formula is C18H18O5. The average Bonchev–Trinajstić information content (AvgIpc) is 2.60. The van der Waals surface area contributed by atoms with Gasteiger partial charge in [0.15, 0.2) is 5.92 Å². The van der Waals surface area contributed by atoms with Crippen LogP contribution in [0.1, 0.15) is 17.9 Å². The van der Waals surface area contributed by atoms with E-state index in [9.17, 15) is 14.4 Å². The standard InChI is InChI=1S/C18H18O5/c1-22-17(20)16(18(21)23-2)15(9-10-19)14-8-7-12-5-3-4-6-13(12)11-14/h3-8,10-11,15-16H,9H2,1-2H3/t15-/m0/s1. The first kappa shape index (κ1) is 16.7. The van der Waals surface area contributed by atoms with E-state index in [1.165, 1.54) is 14.2 Å². The SMILES string of the molecule is COC(=O)C(C(=O)OC)[C@@H](CC=O)c1ccc2ccccc2c1. The molecule has 0 radical (unpaired) electrons. The van der Waals surface area contributed by atoms with Crippen molar-refractivity contribution in [3.05, 3.63) is 48.0 Å². The zero-order valence-corrected chi connectivity index (χ0v) is 13.0. The number of methoxy groups -OCH3 is 2. The summed E-state index contributed by atoms with van der Waals surface area (Å²) < 4.78 is 9.43. The molecule has 0 unspecified atom stereocenters. The number of carbonyl (C=O) groups excluding carboxylic acids is 3. The number of ether oxygens (including phenoxy) is 2. The largest absolute Gasteiger partial charge is 0.468 e. The summed E-state index contributed by atoms with van der Waals surface area (Å²) in [5.41, 5.74) is 0.719. The zero-order valence-electron chi connectivity index (χ0n) is 13.0. The molecule has 0 N–H and O–H groups in total. The van der Waals surface area contributed by atoms with Gasteiger partial charge in [-0.3, -0.25) is 9.59 Å². The van der Waals surface area contributed by atoms with Gasteiger partial charge < -0.3 is 14.3 Å². The highest BCUT2D eigenvalue weighted by Crippen LogP contribution is 2.31. The van der Waals surface area contributed by atoms with Crippen molar-refractivity contribution in [3.63, 3.8) is 0 Å². The van der Waals surface area contributed by atoms with E-state index in [0.29, 0.717) is 6.29 Å². The Hall–Kier alpha value is -2.69. The Morgan fingerprint density at radius 2 is 1.61 bits per heavy atom. The molecule has 2 aromatic carbocycles. The van der Waals surface area contributed by atoms with E-state index in [4.69, 9.17) is 9.47 Å². The summed E-state index contributed by atoms with van der Waals surface area (Å²) in [6.45, 7) is 0. The second kappa shape index (κ2) is 7.54. The zero-order chi connectivity index (χ0) is 16.8. The highest BCUT2D eigenvalue weighted by molar-refractivity contribution is 5.96. The molecule has 23 heavy (non-hydrogen) atoms. The van der Waals surface area contributed by atoms with Gasteiger partial charge in [0.05, 0.1) is 14.2 Å². The fourth-order valence-corrected chi connectivity index (χ4v) is 2.69. The lowest BCUT2D eigenvalue weighted by molar-refractivity contribution is -0.160. The van der Waals surface area contributed by atoms with Gasteiger partial charge in [0, 0.05) is 12.3 Å². The number of rotatable bonds is 6. The van der Waals surface area contributed by atoms with Crippen LogP contribution >= 0.6 is 0 Å². The van der Waals surface area contributed by atoms with Crippen LogP contribution in [0.5, 0.6) is 0 Å². The average molecular weight is 314 g/mol. The van der Waals surface area contributed by atoms with Gasteiger partial charge in [-0.2, -0.15) is 0 Å². The fraction of sp³-hybridized carbons (Fsp3) is 0.278. The third-order valence-electron chi connectivity index (χ3n) is 3.86. The maximum atomic E-state index is 12.0. The van der Waals surface area contributed by atoms with Gasteiger partial charge in [0.2, 0.25) is 0 Å². The van der Waals surface area contributed by atoms with Gasteiger partial charge in [-0.1, -0.05) is 42.5 Å². The van der Waals surface area contributed by atoms with Crippen LogP contribution in [0.15, 0.2) is 42.5 Å². The van der Waals surface area contributed by atoms with E-state index in [2.05, 4.69) is 0 Å². The Morgan fingerprint density at radius 1 is 1.00 bits per heavy atom. The van der Waals surface area contributed by atoms with Crippen molar-refractivity contribution in [2.45, 2.75) is 12.3 Å². The molecule has 0 fully saturated rings. The first-order chi connectivity index (χ1) is 11.1. The molecular weight excluding hydrogens is 296 g/mol. The maximum Gasteiger partial charge on any atom is 0.320 e. The Morgan fingerprint density at radius 3 is 2.17 bits per heavy atom. The molecule has 5 heteroatoms.